The summed E-state index contributed by atoms with van der Waals surface area (Å²) in [5, 5.41) is 14.8. The lowest BCUT2D eigenvalue weighted by molar-refractivity contribution is -0.296. The Balaban J connectivity index is 1.27. The summed E-state index contributed by atoms with van der Waals surface area (Å²) >= 11 is 2.68. The Morgan fingerprint density at radius 1 is 0.789 bits per heavy atom. The largest absolute Gasteiger partial charge is 0.870 e. The second-order valence-electron chi connectivity index (χ2n) is 9.75. The highest BCUT2D eigenvalue weighted by Crippen LogP contribution is 2.43. The number of thiophene rings is 2. The topological polar surface area (TPSA) is 116 Å². The Hall–Kier alpha value is -3.18. The molecule has 0 amide bonds. The molecular formula is C27H29N2O7S2-. The molecule has 0 N–H and O–H groups in total. The van der Waals surface area contributed by atoms with Gasteiger partial charge in [-0.05, 0) is 49.9 Å². The number of nitrogens with zero attached hydrogens (tertiary/aromatic N) is 2. The fraction of sp³-hybridized carbons (Fsp3) is 0.481. The molecule has 0 bridgehead atoms. The maximum absolute atomic E-state index is 13.4. The van der Waals surface area contributed by atoms with Crippen LogP contribution >= 0.6 is 22.7 Å². The number of esters is 2. The van der Waals surface area contributed by atoms with E-state index in [1.54, 1.807) is 12.1 Å². The summed E-state index contributed by atoms with van der Waals surface area (Å²) < 4.78 is 9.70. The zero-order chi connectivity index (χ0) is 27.0. The SMILES string of the molecule is COC(=O)C1CCN(c2ccc(C3=C([O-])C(=O)C(c4ccc(N5CCC(C(=O)OC)CC5)s4)C3=O)s2)CC1. The number of anilines is 2. The van der Waals surface area contributed by atoms with Gasteiger partial charge in [0.05, 0.1) is 36.1 Å². The first kappa shape index (κ1) is 26.4. The lowest BCUT2D eigenvalue weighted by Crippen LogP contribution is -2.36. The molecule has 2 saturated heterocycles. The number of rotatable bonds is 6. The van der Waals surface area contributed by atoms with Crippen LogP contribution in [0.5, 0.6) is 0 Å². The van der Waals surface area contributed by atoms with Crippen molar-refractivity contribution in [2.75, 3.05) is 50.2 Å². The second-order valence-corrected chi connectivity index (χ2v) is 11.9. The molecule has 2 fully saturated rings. The highest BCUT2D eigenvalue weighted by Gasteiger charge is 2.40. The number of allylic oxidation sites excluding steroid dienone is 2. The van der Waals surface area contributed by atoms with Crippen LogP contribution in [0.1, 0.15) is 41.4 Å². The molecule has 0 saturated carbocycles. The van der Waals surface area contributed by atoms with Gasteiger partial charge in [0.2, 0.25) is 0 Å². The quantitative estimate of drug-likeness (QED) is 0.390. The third-order valence-electron chi connectivity index (χ3n) is 7.64. The Morgan fingerprint density at radius 3 is 1.82 bits per heavy atom. The van der Waals surface area contributed by atoms with E-state index in [0.29, 0.717) is 61.6 Å². The van der Waals surface area contributed by atoms with Gasteiger partial charge in [-0.25, -0.2) is 0 Å². The van der Waals surface area contributed by atoms with E-state index in [0.717, 1.165) is 10.0 Å². The zero-order valence-corrected chi connectivity index (χ0v) is 22.9. The first-order valence-corrected chi connectivity index (χ1v) is 14.3. The molecule has 2 aromatic rings. The molecule has 38 heavy (non-hydrogen) atoms. The second kappa shape index (κ2) is 10.9. The predicted octanol–water partition coefficient (Wildman–Crippen LogP) is 2.60. The van der Waals surface area contributed by atoms with E-state index in [9.17, 15) is 24.3 Å². The van der Waals surface area contributed by atoms with Gasteiger partial charge in [-0.1, -0.05) is 5.76 Å². The molecule has 1 atom stereocenters. The van der Waals surface area contributed by atoms with Gasteiger partial charge < -0.3 is 24.4 Å². The lowest BCUT2D eigenvalue weighted by atomic mass is 9.97. The number of piperidine rings is 2. The van der Waals surface area contributed by atoms with Crippen LogP contribution in [0.15, 0.2) is 30.0 Å². The Bertz CT molecular complexity index is 1280. The number of ketones is 2. The van der Waals surface area contributed by atoms with E-state index in [1.807, 2.05) is 12.1 Å². The third-order valence-corrected chi connectivity index (χ3v) is 10.0. The number of methoxy groups -OCH3 is 2. The number of Topliss-reactive ketones (excluding diaryl/α,β-unsaturated/α-hetero) is 2. The summed E-state index contributed by atoms with van der Waals surface area (Å²) in [6.07, 6.45) is 2.71. The minimum absolute atomic E-state index is 0.0328. The molecule has 1 unspecified atom stereocenters. The monoisotopic (exact) mass is 557 g/mol. The standard InChI is InChI=1S/C27H30N2O7S2/c1-35-26(33)15-7-11-28(12-8-15)19-5-3-17(37-19)21-23(30)22(25(32)24(21)31)18-4-6-20(38-18)29-13-9-16(10-14-29)27(34)36-2/h3-6,15-16,21,32H,7-14H2,1-2H3/p-1. The van der Waals surface area contributed by atoms with Crippen molar-refractivity contribution >= 4 is 61.8 Å². The van der Waals surface area contributed by atoms with E-state index >= 15 is 0 Å². The fourth-order valence-electron chi connectivity index (χ4n) is 5.43. The molecule has 0 spiro atoms. The molecule has 0 radical (unpaired) electrons. The molecule has 0 aromatic carbocycles. The summed E-state index contributed by atoms with van der Waals surface area (Å²) in [6.45, 7) is 2.70. The number of ether oxygens (including phenoxy) is 2. The minimum atomic E-state index is -1.11. The molecule has 11 heteroatoms. The van der Waals surface area contributed by atoms with Crippen molar-refractivity contribution < 1.29 is 33.8 Å². The van der Waals surface area contributed by atoms with Crippen LogP contribution in [0.25, 0.3) is 5.57 Å². The van der Waals surface area contributed by atoms with Gasteiger partial charge in [-0.3, -0.25) is 19.2 Å². The molecule has 9 nitrogen and oxygen atoms in total. The molecule has 4 heterocycles. The van der Waals surface area contributed by atoms with Crippen molar-refractivity contribution in [3.8, 4) is 0 Å². The van der Waals surface area contributed by atoms with Crippen LogP contribution in [0, 0.1) is 11.8 Å². The fourth-order valence-corrected chi connectivity index (χ4v) is 7.69. The van der Waals surface area contributed by atoms with Crippen LogP contribution < -0.4 is 14.9 Å². The molecule has 202 valence electrons. The van der Waals surface area contributed by atoms with E-state index in [-0.39, 0.29) is 29.3 Å². The van der Waals surface area contributed by atoms with Gasteiger partial charge >= 0.3 is 11.9 Å². The average Bonchev–Trinajstić information content (AvgIpc) is 3.67. The molecular weight excluding hydrogens is 528 g/mol. The highest BCUT2D eigenvalue weighted by molar-refractivity contribution is 7.18. The normalized spacial score (nSPS) is 21.4. The van der Waals surface area contributed by atoms with Crippen LogP contribution in [-0.4, -0.2) is 63.9 Å². The Kier molecular flexibility index (Phi) is 7.58. The summed E-state index contributed by atoms with van der Waals surface area (Å²) in [5.74, 6) is -3.58. The van der Waals surface area contributed by atoms with Crippen molar-refractivity contribution in [2.24, 2.45) is 11.8 Å². The van der Waals surface area contributed by atoms with Gasteiger partial charge in [0.25, 0.3) is 0 Å². The lowest BCUT2D eigenvalue weighted by Gasteiger charge is -2.31. The average molecular weight is 558 g/mol. The summed E-state index contributed by atoms with van der Waals surface area (Å²) in [5.41, 5.74) is -0.0328. The Morgan fingerprint density at radius 2 is 1.29 bits per heavy atom. The van der Waals surface area contributed by atoms with Crippen LogP contribution in [0.2, 0.25) is 0 Å². The summed E-state index contributed by atoms with van der Waals surface area (Å²) in [7, 11) is 2.79. The summed E-state index contributed by atoms with van der Waals surface area (Å²) in [4.78, 5) is 55.3. The minimum Gasteiger partial charge on any atom is -0.870 e. The number of carbonyl (C=O) groups excluding carboxylic acids is 4. The number of hydrogen-bond acceptors (Lipinski definition) is 11. The van der Waals surface area contributed by atoms with E-state index < -0.39 is 23.2 Å². The van der Waals surface area contributed by atoms with E-state index in [1.165, 1.54) is 36.9 Å². The van der Waals surface area contributed by atoms with Crippen LogP contribution in [-0.2, 0) is 28.7 Å². The molecule has 5 rings (SSSR count). The van der Waals surface area contributed by atoms with Gasteiger partial charge in [0.15, 0.2) is 11.6 Å². The first-order valence-electron chi connectivity index (χ1n) is 12.7. The van der Waals surface area contributed by atoms with Crippen molar-refractivity contribution in [3.05, 3.63) is 39.8 Å². The van der Waals surface area contributed by atoms with Gasteiger partial charge in [0, 0.05) is 41.5 Å². The smallest absolute Gasteiger partial charge is 0.308 e. The van der Waals surface area contributed by atoms with Crippen LogP contribution in [0.3, 0.4) is 0 Å². The number of hydrogen-bond donors (Lipinski definition) is 0. The van der Waals surface area contributed by atoms with E-state index in [4.69, 9.17) is 9.47 Å². The molecule has 1 aliphatic carbocycles. The highest BCUT2D eigenvalue weighted by atomic mass is 32.1. The maximum atomic E-state index is 13.4. The Labute approximate surface area is 228 Å². The first-order chi connectivity index (χ1) is 18.3. The summed E-state index contributed by atoms with van der Waals surface area (Å²) in [6, 6.07) is 7.24. The van der Waals surface area contributed by atoms with Gasteiger partial charge in [0.1, 0.15) is 5.92 Å². The third kappa shape index (κ3) is 4.84. The zero-order valence-electron chi connectivity index (χ0n) is 21.3. The van der Waals surface area contributed by atoms with Gasteiger partial charge in [-0.15, -0.1) is 22.7 Å². The van der Waals surface area contributed by atoms with Crippen molar-refractivity contribution in [2.45, 2.75) is 31.6 Å². The van der Waals surface area contributed by atoms with Crippen molar-refractivity contribution in [1.29, 1.82) is 0 Å². The van der Waals surface area contributed by atoms with Crippen molar-refractivity contribution in [3.63, 3.8) is 0 Å². The molecule has 2 aromatic heterocycles. The predicted molar refractivity (Wildman–Crippen MR) is 142 cm³/mol. The van der Waals surface area contributed by atoms with Crippen molar-refractivity contribution in [1.82, 2.24) is 0 Å². The number of carbonyl (C=O) groups is 4. The van der Waals surface area contributed by atoms with Gasteiger partial charge in [-0.2, -0.15) is 0 Å². The van der Waals surface area contributed by atoms with E-state index in [2.05, 4.69) is 9.80 Å². The maximum Gasteiger partial charge on any atom is 0.308 e. The molecule has 2 aliphatic heterocycles. The molecule has 3 aliphatic rings. The van der Waals surface area contributed by atoms with Crippen LogP contribution in [0.4, 0.5) is 10.0 Å².